The Morgan fingerprint density at radius 3 is 2.05 bits per heavy atom. The van der Waals surface area contributed by atoms with Gasteiger partial charge in [-0.3, -0.25) is 0 Å². The van der Waals surface area contributed by atoms with E-state index in [-0.39, 0.29) is 25.1 Å². The van der Waals surface area contributed by atoms with Gasteiger partial charge in [-0.1, -0.05) is 13.8 Å². The van der Waals surface area contributed by atoms with Crippen molar-refractivity contribution in [1.29, 1.82) is 0 Å². The molecular weight excluding hydrogens is 272 g/mol. The molecule has 0 saturated heterocycles. The number of nitrogens with one attached hydrogen (secondary N) is 1. The van der Waals surface area contributed by atoms with E-state index in [0.717, 1.165) is 6.26 Å². The van der Waals surface area contributed by atoms with Gasteiger partial charge in [-0.05, 0) is 12.8 Å². The smallest absolute Gasteiger partial charge is 0.329 e. The van der Waals surface area contributed by atoms with Gasteiger partial charge in [0.1, 0.15) is 15.4 Å². The number of urea groups is 1. The fourth-order valence-electron chi connectivity index (χ4n) is 1.49. The summed E-state index contributed by atoms with van der Waals surface area (Å²) in [6.07, 6.45) is 1.59. The van der Waals surface area contributed by atoms with Gasteiger partial charge >= 0.3 is 12.0 Å². The molecule has 0 aromatic rings. The van der Waals surface area contributed by atoms with Crippen molar-refractivity contribution in [2.75, 3.05) is 25.6 Å². The summed E-state index contributed by atoms with van der Waals surface area (Å²) >= 11 is 0. The van der Waals surface area contributed by atoms with Crippen molar-refractivity contribution in [1.82, 2.24) is 10.2 Å². The number of sulfone groups is 1. The zero-order chi connectivity index (χ0) is 15.3. The van der Waals surface area contributed by atoms with Crippen LogP contribution in [0.3, 0.4) is 0 Å². The predicted octanol–water partition coefficient (Wildman–Crippen LogP) is 0.316. The number of rotatable bonds is 7. The average Bonchev–Trinajstić information content (AvgIpc) is 2.31. The first-order valence-corrected chi connectivity index (χ1v) is 8.08. The van der Waals surface area contributed by atoms with Crippen LogP contribution in [0.2, 0.25) is 0 Å². The van der Waals surface area contributed by atoms with E-state index in [9.17, 15) is 23.1 Å². The van der Waals surface area contributed by atoms with E-state index in [0.29, 0.717) is 0 Å². The van der Waals surface area contributed by atoms with Gasteiger partial charge < -0.3 is 15.3 Å². The second-order valence-electron chi connectivity index (χ2n) is 4.58. The maximum absolute atomic E-state index is 11.9. The van der Waals surface area contributed by atoms with Crippen LogP contribution in [0.5, 0.6) is 0 Å². The number of amides is 2. The maximum Gasteiger partial charge on any atom is 0.329 e. The fraction of sp³-hybridized carbons (Fsp3) is 0.818. The molecule has 7 nitrogen and oxygen atoms in total. The molecule has 2 amide bonds. The number of carboxylic acid groups (broad SMARTS) is 1. The molecular formula is C11H22N2O5S. The lowest BCUT2D eigenvalue weighted by atomic mass is 9.93. The lowest BCUT2D eigenvalue weighted by molar-refractivity contribution is -0.144. The highest BCUT2D eigenvalue weighted by Crippen LogP contribution is 2.15. The van der Waals surface area contributed by atoms with Crippen molar-refractivity contribution in [2.45, 2.75) is 32.2 Å². The maximum atomic E-state index is 11.9. The third-order valence-corrected chi connectivity index (χ3v) is 4.03. The first kappa shape index (κ1) is 17.7. The zero-order valence-corrected chi connectivity index (χ0v) is 12.6. The number of hydrogen-bond donors (Lipinski definition) is 2. The molecule has 0 aliphatic rings. The van der Waals surface area contributed by atoms with Crippen LogP contribution >= 0.6 is 0 Å². The van der Waals surface area contributed by atoms with Gasteiger partial charge in [0.2, 0.25) is 0 Å². The van der Waals surface area contributed by atoms with Gasteiger partial charge in [0, 0.05) is 19.8 Å². The van der Waals surface area contributed by atoms with E-state index >= 15 is 0 Å². The number of hydrogen-bond acceptors (Lipinski definition) is 4. The first-order chi connectivity index (χ1) is 8.58. The molecule has 0 rings (SSSR count). The van der Waals surface area contributed by atoms with Crippen molar-refractivity contribution in [3.63, 3.8) is 0 Å². The first-order valence-electron chi connectivity index (χ1n) is 6.02. The van der Waals surface area contributed by atoms with Gasteiger partial charge in [-0.15, -0.1) is 0 Å². The molecule has 0 aromatic heterocycles. The van der Waals surface area contributed by atoms with E-state index in [4.69, 9.17) is 0 Å². The summed E-state index contributed by atoms with van der Waals surface area (Å²) in [5.41, 5.74) is -1.31. The number of carbonyl (C=O) groups is 2. The van der Waals surface area contributed by atoms with Crippen molar-refractivity contribution >= 4 is 21.8 Å². The predicted molar refractivity (Wildman–Crippen MR) is 71.8 cm³/mol. The highest BCUT2D eigenvalue weighted by Gasteiger charge is 2.37. The van der Waals surface area contributed by atoms with Crippen molar-refractivity contribution < 1.29 is 23.1 Å². The summed E-state index contributed by atoms with van der Waals surface area (Å²) in [4.78, 5) is 24.3. The Bertz CT molecular complexity index is 428. The largest absolute Gasteiger partial charge is 0.480 e. The Balaban J connectivity index is 4.70. The van der Waals surface area contributed by atoms with Crippen LogP contribution in [0.15, 0.2) is 0 Å². The molecule has 8 heteroatoms. The molecule has 112 valence electrons. The molecule has 0 spiro atoms. The van der Waals surface area contributed by atoms with Crippen molar-refractivity contribution in [3.8, 4) is 0 Å². The highest BCUT2D eigenvalue weighted by molar-refractivity contribution is 7.90. The molecule has 0 radical (unpaired) electrons. The van der Waals surface area contributed by atoms with Crippen LogP contribution in [-0.2, 0) is 14.6 Å². The fourth-order valence-corrected chi connectivity index (χ4v) is 2.09. The molecule has 0 bridgehead atoms. The van der Waals surface area contributed by atoms with Crippen molar-refractivity contribution in [3.05, 3.63) is 0 Å². The minimum absolute atomic E-state index is 0.0216. The molecule has 0 unspecified atom stereocenters. The average molecular weight is 294 g/mol. The zero-order valence-electron chi connectivity index (χ0n) is 11.8. The SMILES string of the molecule is CCC(CC)(NC(=O)N(C)CCS(C)(=O)=O)C(=O)O. The number of carbonyl (C=O) groups excluding carboxylic acids is 1. The van der Waals surface area contributed by atoms with Gasteiger partial charge in [-0.25, -0.2) is 18.0 Å². The summed E-state index contributed by atoms with van der Waals surface area (Å²) in [5.74, 6) is -1.25. The highest BCUT2D eigenvalue weighted by atomic mass is 32.2. The van der Waals surface area contributed by atoms with Crippen LogP contribution < -0.4 is 5.32 Å². The third kappa shape index (κ3) is 5.46. The normalized spacial score (nSPS) is 12.0. The van der Waals surface area contributed by atoms with Crippen LogP contribution in [0.4, 0.5) is 4.79 Å². The van der Waals surface area contributed by atoms with E-state index < -0.39 is 27.4 Å². The van der Waals surface area contributed by atoms with Crippen LogP contribution in [0, 0.1) is 0 Å². The number of aliphatic carboxylic acids is 1. The van der Waals surface area contributed by atoms with Gasteiger partial charge in [-0.2, -0.15) is 0 Å². The van der Waals surface area contributed by atoms with Crippen LogP contribution in [-0.4, -0.2) is 61.6 Å². The molecule has 0 aliphatic heterocycles. The standard InChI is InChI=1S/C11H22N2O5S/c1-5-11(6-2,9(14)15)12-10(16)13(3)7-8-19(4,17)18/h5-8H2,1-4H3,(H,12,16)(H,14,15). The molecule has 0 saturated carbocycles. The second-order valence-corrected chi connectivity index (χ2v) is 6.84. The van der Waals surface area contributed by atoms with E-state index in [1.165, 1.54) is 11.9 Å². The lowest BCUT2D eigenvalue weighted by Gasteiger charge is -2.30. The quantitative estimate of drug-likeness (QED) is 0.703. The molecule has 0 heterocycles. The molecule has 0 atom stereocenters. The Hall–Kier alpha value is -1.31. The van der Waals surface area contributed by atoms with Gasteiger partial charge in [0.25, 0.3) is 0 Å². The molecule has 0 aliphatic carbocycles. The van der Waals surface area contributed by atoms with Crippen molar-refractivity contribution in [2.24, 2.45) is 0 Å². The Morgan fingerprint density at radius 2 is 1.74 bits per heavy atom. The van der Waals surface area contributed by atoms with Crippen LogP contribution in [0.25, 0.3) is 0 Å². The summed E-state index contributed by atoms with van der Waals surface area (Å²) in [7, 11) is -1.73. The minimum atomic E-state index is -3.16. The monoisotopic (exact) mass is 294 g/mol. The van der Waals surface area contributed by atoms with E-state index in [1.807, 2.05) is 0 Å². The van der Waals surface area contributed by atoms with E-state index in [2.05, 4.69) is 5.32 Å². The van der Waals surface area contributed by atoms with Gasteiger partial charge in [0.05, 0.1) is 5.75 Å². The third-order valence-electron chi connectivity index (χ3n) is 3.11. The Morgan fingerprint density at radius 1 is 1.26 bits per heavy atom. The van der Waals surface area contributed by atoms with E-state index in [1.54, 1.807) is 13.8 Å². The van der Waals surface area contributed by atoms with Gasteiger partial charge in [0.15, 0.2) is 0 Å². The summed E-state index contributed by atoms with van der Waals surface area (Å²) in [6, 6.07) is -0.588. The molecule has 19 heavy (non-hydrogen) atoms. The summed E-state index contributed by atoms with van der Waals surface area (Å²) in [6.45, 7) is 3.37. The summed E-state index contributed by atoms with van der Waals surface area (Å²) < 4.78 is 22.0. The Labute approximate surface area is 113 Å². The second kappa shape index (κ2) is 6.74. The molecule has 2 N–H and O–H groups in total. The van der Waals surface area contributed by atoms with Crippen LogP contribution in [0.1, 0.15) is 26.7 Å². The number of nitrogens with zero attached hydrogens (tertiary/aromatic N) is 1. The number of carboxylic acids is 1. The topological polar surface area (TPSA) is 104 Å². The summed E-state index contributed by atoms with van der Waals surface area (Å²) in [5, 5.41) is 11.6. The lowest BCUT2D eigenvalue weighted by Crippen LogP contribution is -2.57. The minimum Gasteiger partial charge on any atom is -0.480 e. The molecule has 0 aromatic carbocycles. The Kier molecular flexibility index (Phi) is 6.28. The molecule has 0 fully saturated rings.